The third-order valence-electron chi connectivity index (χ3n) is 5.49. The summed E-state index contributed by atoms with van der Waals surface area (Å²) < 4.78 is 27.3. The minimum Gasteiger partial charge on any atom is -0.337 e. The van der Waals surface area contributed by atoms with Crippen molar-refractivity contribution >= 4 is 42.4 Å². The molecule has 0 atom stereocenters. The van der Waals surface area contributed by atoms with Crippen LogP contribution < -0.4 is 4.90 Å². The van der Waals surface area contributed by atoms with Crippen molar-refractivity contribution in [2.24, 2.45) is 0 Å². The van der Waals surface area contributed by atoms with Gasteiger partial charge in [0.15, 0.2) is 15.0 Å². The van der Waals surface area contributed by atoms with E-state index in [1.54, 1.807) is 36.5 Å². The van der Waals surface area contributed by atoms with Gasteiger partial charge in [-0.3, -0.25) is 9.69 Å². The normalized spacial score (nSPS) is 11.7. The Bertz CT molecular complexity index is 1380. The van der Waals surface area contributed by atoms with Crippen LogP contribution in [0.3, 0.4) is 0 Å². The van der Waals surface area contributed by atoms with Crippen LogP contribution in [0, 0.1) is 13.8 Å². The number of carbonyl (C=O) groups is 1. The van der Waals surface area contributed by atoms with Crippen LogP contribution in [0.2, 0.25) is 0 Å². The van der Waals surface area contributed by atoms with Crippen molar-refractivity contribution in [2.75, 3.05) is 17.2 Å². The Hall–Kier alpha value is -3.04. The lowest BCUT2D eigenvalue weighted by molar-refractivity contribution is 0.0986. The van der Waals surface area contributed by atoms with Crippen molar-refractivity contribution in [3.8, 4) is 0 Å². The first-order chi connectivity index (χ1) is 15.8. The topological polar surface area (TPSA) is 85.2 Å². The number of imidazole rings is 1. The van der Waals surface area contributed by atoms with Gasteiger partial charge in [0.1, 0.15) is 0 Å². The molecule has 0 aliphatic rings. The van der Waals surface area contributed by atoms with Crippen molar-refractivity contribution in [3.63, 3.8) is 0 Å². The van der Waals surface area contributed by atoms with Crippen LogP contribution in [0.4, 0.5) is 5.13 Å². The molecule has 2 heterocycles. The van der Waals surface area contributed by atoms with Gasteiger partial charge in [0.25, 0.3) is 5.91 Å². The first-order valence-corrected chi connectivity index (χ1v) is 13.2. The number of amides is 1. The minimum absolute atomic E-state index is 0.0190. The maximum Gasteiger partial charge on any atom is 0.260 e. The first kappa shape index (κ1) is 23.1. The number of carbonyl (C=O) groups excluding carboxylic acids is 1. The van der Waals surface area contributed by atoms with Gasteiger partial charge in [-0.25, -0.2) is 18.4 Å². The zero-order valence-corrected chi connectivity index (χ0v) is 20.5. The van der Waals surface area contributed by atoms with Crippen LogP contribution >= 0.6 is 11.3 Å². The van der Waals surface area contributed by atoms with Crippen LogP contribution in [0.5, 0.6) is 0 Å². The average molecular weight is 483 g/mol. The molecule has 4 aromatic rings. The highest BCUT2D eigenvalue weighted by molar-refractivity contribution is 7.91. The minimum atomic E-state index is -3.32. The molecule has 0 saturated carbocycles. The molecule has 0 unspecified atom stereocenters. The lowest BCUT2D eigenvalue weighted by atomic mass is 10.1. The zero-order valence-electron chi connectivity index (χ0n) is 18.9. The summed E-state index contributed by atoms with van der Waals surface area (Å²) >= 11 is 1.49. The highest BCUT2D eigenvalue weighted by Gasteiger charge is 2.22. The Balaban J connectivity index is 1.66. The van der Waals surface area contributed by atoms with Crippen LogP contribution in [0.15, 0.2) is 60.0 Å². The SMILES string of the molecule is CCS(=O)(=O)c1ccc(C(=O)N(CCCn2ccnc2)c2nc3c(C)cc(C)cc3s2)cc1. The molecule has 1 amide bonds. The maximum atomic E-state index is 13.5. The average Bonchev–Trinajstić information content (AvgIpc) is 3.46. The molecule has 0 aliphatic heterocycles. The highest BCUT2D eigenvalue weighted by atomic mass is 32.2. The molecule has 0 N–H and O–H groups in total. The van der Waals surface area contributed by atoms with Crippen LogP contribution in [-0.4, -0.2) is 41.2 Å². The van der Waals surface area contributed by atoms with Crippen LogP contribution in [0.1, 0.15) is 34.8 Å². The van der Waals surface area contributed by atoms with Crippen molar-refractivity contribution in [3.05, 3.63) is 71.8 Å². The molecule has 0 spiro atoms. The molecule has 0 saturated heterocycles. The fourth-order valence-corrected chi connectivity index (χ4v) is 5.77. The fraction of sp³-hybridized carbons (Fsp3) is 0.292. The number of benzene rings is 2. The van der Waals surface area contributed by atoms with Crippen LogP contribution in [0.25, 0.3) is 10.2 Å². The van der Waals surface area contributed by atoms with E-state index in [-0.39, 0.29) is 16.6 Å². The number of sulfone groups is 1. The second-order valence-electron chi connectivity index (χ2n) is 7.96. The van der Waals surface area contributed by atoms with Gasteiger partial charge < -0.3 is 4.57 Å². The summed E-state index contributed by atoms with van der Waals surface area (Å²) in [4.78, 5) is 24.3. The number of nitrogens with zero attached hydrogens (tertiary/aromatic N) is 4. The molecule has 2 aromatic heterocycles. The summed E-state index contributed by atoms with van der Waals surface area (Å²) in [5.41, 5.74) is 3.56. The van der Waals surface area contributed by atoms with Crippen LogP contribution in [-0.2, 0) is 16.4 Å². The van der Waals surface area contributed by atoms with Gasteiger partial charge in [0.05, 0.1) is 27.2 Å². The van der Waals surface area contributed by atoms with E-state index in [1.807, 2.05) is 24.6 Å². The van der Waals surface area contributed by atoms with E-state index in [0.29, 0.717) is 17.2 Å². The summed E-state index contributed by atoms with van der Waals surface area (Å²) in [6.45, 7) is 6.88. The van der Waals surface area contributed by atoms with Gasteiger partial charge in [0.2, 0.25) is 0 Å². The Morgan fingerprint density at radius 3 is 2.58 bits per heavy atom. The molecular formula is C24H26N4O3S2. The van der Waals surface area contributed by atoms with E-state index in [0.717, 1.165) is 34.3 Å². The number of aromatic nitrogens is 3. The van der Waals surface area contributed by atoms with E-state index in [9.17, 15) is 13.2 Å². The van der Waals surface area contributed by atoms with E-state index in [1.165, 1.54) is 23.5 Å². The summed E-state index contributed by atoms with van der Waals surface area (Å²) in [6, 6.07) is 10.3. The van der Waals surface area contributed by atoms with E-state index < -0.39 is 9.84 Å². The van der Waals surface area contributed by atoms with Crippen molar-refractivity contribution in [1.29, 1.82) is 0 Å². The number of anilines is 1. The number of hydrogen-bond acceptors (Lipinski definition) is 6. The second kappa shape index (κ2) is 9.44. The van der Waals surface area contributed by atoms with Crippen molar-refractivity contribution < 1.29 is 13.2 Å². The van der Waals surface area contributed by atoms with Gasteiger partial charge in [-0.1, -0.05) is 24.3 Å². The molecule has 0 bridgehead atoms. The standard InChI is InChI=1S/C24H26N4O3S2/c1-4-33(30,31)20-8-6-19(7-9-20)23(29)28(12-5-11-27-13-10-25-16-27)24-26-22-18(3)14-17(2)15-21(22)32-24/h6-10,13-16H,4-5,11-12H2,1-3H3. The number of thiazole rings is 1. The highest BCUT2D eigenvalue weighted by Crippen LogP contribution is 2.32. The second-order valence-corrected chi connectivity index (χ2v) is 11.3. The third kappa shape index (κ3) is 4.99. The molecule has 0 radical (unpaired) electrons. The Morgan fingerprint density at radius 2 is 1.91 bits per heavy atom. The molecule has 4 rings (SSSR count). The lowest BCUT2D eigenvalue weighted by Crippen LogP contribution is -2.32. The van der Waals surface area contributed by atoms with E-state index >= 15 is 0 Å². The monoisotopic (exact) mass is 482 g/mol. The van der Waals surface area contributed by atoms with E-state index in [4.69, 9.17) is 4.98 Å². The molecule has 33 heavy (non-hydrogen) atoms. The molecular weight excluding hydrogens is 456 g/mol. The van der Waals surface area contributed by atoms with E-state index in [2.05, 4.69) is 17.1 Å². The molecule has 172 valence electrons. The van der Waals surface area contributed by atoms with Crippen molar-refractivity contribution in [1.82, 2.24) is 14.5 Å². The number of fused-ring (bicyclic) bond motifs is 1. The van der Waals surface area contributed by atoms with Gasteiger partial charge in [-0.05, 0) is 61.7 Å². The van der Waals surface area contributed by atoms with Crippen molar-refractivity contribution in [2.45, 2.75) is 38.6 Å². The third-order valence-corrected chi connectivity index (χ3v) is 8.27. The van der Waals surface area contributed by atoms with Gasteiger partial charge in [-0.2, -0.15) is 0 Å². The Morgan fingerprint density at radius 1 is 1.15 bits per heavy atom. The maximum absolute atomic E-state index is 13.5. The predicted octanol–water partition coefficient (Wildman–Crippen LogP) is 4.64. The zero-order chi connectivity index (χ0) is 23.6. The molecule has 0 aliphatic carbocycles. The molecule has 0 fully saturated rings. The summed E-state index contributed by atoms with van der Waals surface area (Å²) in [5, 5.41) is 0.639. The summed E-state index contributed by atoms with van der Waals surface area (Å²) in [5.74, 6) is -0.181. The predicted molar refractivity (Wildman–Crippen MR) is 132 cm³/mol. The van der Waals surface area contributed by atoms with Gasteiger partial charge >= 0.3 is 0 Å². The van der Waals surface area contributed by atoms with Gasteiger partial charge in [-0.15, -0.1) is 0 Å². The smallest absolute Gasteiger partial charge is 0.260 e. The number of aryl methyl sites for hydroxylation is 3. The fourth-order valence-electron chi connectivity index (χ4n) is 3.72. The molecule has 2 aromatic carbocycles. The largest absolute Gasteiger partial charge is 0.337 e. The Labute approximate surface area is 197 Å². The lowest BCUT2D eigenvalue weighted by Gasteiger charge is -2.20. The summed E-state index contributed by atoms with van der Waals surface area (Å²) in [7, 11) is -3.32. The summed E-state index contributed by atoms with van der Waals surface area (Å²) in [6.07, 6.45) is 6.09. The first-order valence-electron chi connectivity index (χ1n) is 10.8. The van der Waals surface area contributed by atoms with Gasteiger partial charge in [0, 0.05) is 31.0 Å². The molecule has 7 nitrogen and oxygen atoms in total. The number of hydrogen-bond donors (Lipinski definition) is 0. The number of rotatable bonds is 8. The molecule has 9 heteroatoms. The quantitative estimate of drug-likeness (QED) is 0.365. The Kier molecular flexibility index (Phi) is 6.62.